The van der Waals surface area contributed by atoms with E-state index in [1.54, 1.807) is 13.8 Å². The van der Waals surface area contributed by atoms with Gasteiger partial charge in [0.2, 0.25) is 0 Å². The molecule has 0 fully saturated rings. The minimum Gasteiger partial charge on any atom is -0.460 e. The topological polar surface area (TPSA) is 43.4 Å². The highest BCUT2D eigenvalue weighted by atomic mass is 16.6. The average molecular weight is 242 g/mol. The van der Waals surface area contributed by atoms with Gasteiger partial charge in [-0.2, -0.15) is 0 Å². The minimum absolute atomic E-state index is 0.0795. The summed E-state index contributed by atoms with van der Waals surface area (Å²) in [5, 5.41) is 0. The van der Waals surface area contributed by atoms with Crippen LogP contribution in [0.25, 0.3) is 0 Å². The normalized spacial score (nSPS) is 13.4. The highest BCUT2D eigenvalue weighted by Crippen LogP contribution is 2.32. The number of carbonyl (C=O) groups excluding carboxylic acids is 2. The van der Waals surface area contributed by atoms with Gasteiger partial charge in [0.15, 0.2) is 0 Å². The van der Waals surface area contributed by atoms with Gasteiger partial charge in [-0.05, 0) is 20.8 Å². The van der Waals surface area contributed by atoms with E-state index in [9.17, 15) is 9.59 Å². The lowest BCUT2D eigenvalue weighted by atomic mass is 9.73. The second-order valence-corrected chi connectivity index (χ2v) is 7.23. The third-order valence-electron chi connectivity index (χ3n) is 2.30. The summed E-state index contributed by atoms with van der Waals surface area (Å²) in [7, 11) is 0. The summed E-state index contributed by atoms with van der Waals surface area (Å²) in [5.41, 5.74) is -1.62. The second kappa shape index (κ2) is 4.79. The van der Waals surface area contributed by atoms with Crippen LogP contribution in [0.3, 0.4) is 0 Å². The van der Waals surface area contributed by atoms with Crippen molar-refractivity contribution in [3.8, 4) is 0 Å². The van der Waals surface area contributed by atoms with Crippen LogP contribution >= 0.6 is 0 Å². The van der Waals surface area contributed by atoms with Crippen LogP contribution in [0, 0.1) is 10.8 Å². The first-order chi connectivity index (χ1) is 7.26. The summed E-state index contributed by atoms with van der Waals surface area (Å²) in [4.78, 5) is 23.9. The van der Waals surface area contributed by atoms with Crippen LogP contribution in [0.15, 0.2) is 0 Å². The summed E-state index contributed by atoms with van der Waals surface area (Å²) < 4.78 is 5.25. The van der Waals surface area contributed by atoms with Crippen molar-refractivity contribution < 1.29 is 14.3 Å². The van der Waals surface area contributed by atoms with Gasteiger partial charge in [0.05, 0.1) is 6.42 Å². The quantitative estimate of drug-likeness (QED) is 0.713. The lowest BCUT2D eigenvalue weighted by Crippen LogP contribution is -2.38. The van der Waals surface area contributed by atoms with Gasteiger partial charge >= 0.3 is 5.97 Å². The van der Waals surface area contributed by atoms with Crippen molar-refractivity contribution in [3.05, 3.63) is 0 Å². The monoisotopic (exact) mass is 242 g/mol. The Morgan fingerprint density at radius 3 is 1.59 bits per heavy atom. The maximum absolute atomic E-state index is 12.2. The van der Waals surface area contributed by atoms with E-state index in [-0.39, 0.29) is 18.2 Å². The molecule has 0 unspecified atom stereocenters. The third-order valence-corrected chi connectivity index (χ3v) is 2.30. The van der Waals surface area contributed by atoms with Crippen LogP contribution < -0.4 is 0 Å². The van der Waals surface area contributed by atoms with E-state index in [1.165, 1.54) is 0 Å². The fourth-order valence-electron chi connectivity index (χ4n) is 1.83. The zero-order chi connectivity index (χ0) is 14.1. The fourth-order valence-corrected chi connectivity index (χ4v) is 1.83. The number of hydrogen-bond acceptors (Lipinski definition) is 3. The number of rotatable bonds is 3. The van der Waals surface area contributed by atoms with Crippen molar-refractivity contribution in [2.75, 3.05) is 0 Å². The predicted octanol–water partition coefficient (Wildman–Crippen LogP) is 3.36. The van der Waals surface area contributed by atoms with Gasteiger partial charge in [-0.15, -0.1) is 0 Å². The van der Waals surface area contributed by atoms with E-state index < -0.39 is 16.4 Å². The molecule has 0 aromatic carbocycles. The van der Waals surface area contributed by atoms with E-state index >= 15 is 0 Å². The molecule has 0 aliphatic rings. The Bertz CT molecular complexity index is 300. The number of hydrogen-bond donors (Lipinski definition) is 0. The van der Waals surface area contributed by atoms with Gasteiger partial charge in [-0.1, -0.05) is 34.6 Å². The SMILES string of the molecule is CC(C)(C)OC(=O)CC(C)(C)C(=O)C(C)(C)C. The molecular weight excluding hydrogens is 216 g/mol. The van der Waals surface area contributed by atoms with Crippen molar-refractivity contribution in [2.45, 2.75) is 67.4 Å². The van der Waals surface area contributed by atoms with Gasteiger partial charge in [-0.25, -0.2) is 0 Å². The zero-order valence-corrected chi connectivity index (χ0v) is 12.4. The molecule has 0 spiro atoms. The van der Waals surface area contributed by atoms with Crippen LogP contribution in [0.1, 0.15) is 61.8 Å². The van der Waals surface area contributed by atoms with Crippen molar-refractivity contribution in [1.82, 2.24) is 0 Å². The summed E-state index contributed by atoms with van der Waals surface area (Å²) in [6, 6.07) is 0. The number of Topliss-reactive ketones (excluding diaryl/α,β-unsaturated/α-hetero) is 1. The summed E-state index contributed by atoms with van der Waals surface area (Å²) in [6.45, 7) is 14.7. The molecule has 0 bridgehead atoms. The first-order valence-corrected chi connectivity index (χ1v) is 6.02. The molecule has 0 N–H and O–H groups in total. The lowest BCUT2D eigenvalue weighted by molar-refractivity contribution is -0.160. The lowest BCUT2D eigenvalue weighted by Gasteiger charge is -2.31. The Hall–Kier alpha value is -0.860. The Kier molecular flexibility index (Phi) is 4.55. The van der Waals surface area contributed by atoms with Crippen LogP contribution in [0.5, 0.6) is 0 Å². The first-order valence-electron chi connectivity index (χ1n) is 6.02. The van der Waals surface area contributed by atoms with Gasteiger partial charge in [0.25, 0.3) is 0 Å². The highest BCUT2D eigenvalue weighted by Gasteiger charge is 2.38. The second-order valence-electron chi connectivity index (χ2n) is 7.23. The Labute approximate surface area is 105 Å². The van der Waals surface area contributed by atoms with Gasteiger partial charge in [0.1, 0.15) is 11.4 Å². The molecular formula is C14H26O3. The molecule has 0 atom stereocenters. The molecule has 0 aliphatic heterocycles. The molecule has 0 saturated heterocycles. The zero-order valence-electron chi connectivity index (χ0n) is 12.4. The number of esters is 1. The molecule has 0 aliphatic carbocycles. The number of ketones is 1. The van der Waals surface area contributed by atoms with E-state index in [4.69, 9.17) is 4.74 Å². The van der Waals surface area contributed by atoms with Crippen molar-refractivity contribution >= 4 is 11.8 Å². The fraction of sp³-hybridized carbons (Fsp3) is 0.857. The van der Waals surface area contributed by atoms with Gasteiger partial charge in [0, 0.05) is 10.8 Å². The van der Waals surface area contributed by atoms with Crippen molar-refractivity contribution in [2.24, 2.45) is 10.8 Å². The van der Waals surface area contributed by atoms with E-state index in [1.807, 2.05) is 41.5 Å². The van der Waals surface area contributed by atoms with Gasteiger partial charge in [-0.3, -0.25) is 9.59 Å². The largest absolute Gasteiger partial charge is 0.460 e. The van der Waals surface area contributed by atoms with Crippen LogP contribution in [0.4, 0.5) is 0 Å². The number of carbonyl (C=O) groups is 2. The molecule has 0 aromatic heterocycles. The molecule has 0 radical (unpaired) electrons. The summed E-state index contributed by atoms with van der Waals surface area (Å²) in [6.07, 6.45) is 0.125. The average Bonchev–Trinajstić information content (AvgIpc) is 1.95. The maximum atomic E-state index is 12.2. The summed E-state index contributed by atoms with van der Waals surface area (Å²) in [5.74, 6) is -0.240. The Balaban J connectivity index is 4.67. The summed E-state index contributed by atoms with van der Waals surface area (Å²) >= 11 is 0. The van der Waals surface area contributed by atoms with Crippen LogP contribution in [-0.2, 0) is 14.3 Å². The minimum atomic E-state index is -0.680. The number of ether oxygens (including phenoxy) is 1. The molecule has 3 heteroatoms. The molecule has 0 amide bonds. The molecule has 0 heterocycles. The standard InChI is InChI=1S/C14H26O3/c1-12(2,3)11(16)14(7,8)9-10(15)17-13(4,5)6/h9H2,1-8H3. The smallest absolute Gasteiger partial charge is 0.307 e. The highest BCUT2D eigenvalue weighted by molar-refractivity contribution is 5.91. The van der Waals surface area contributed by atoms with Crippen LogP contribution in [0.2, 0.25) is 0 Å². The molecule has 3 nitrogen and oxygen atoms in total. The van der Waals surface area contributed by atoms with E-state index in [0.717, 1.165) is 0 Å². The third kappa shape index (κ3) is 5.85. The van der Waals surface area contributed by atoms with Gasteiger partial charge < -0.3 is 4.74 Å². The molecule has 17 heavy (non-hydrogen) atoms. The Morgan fingerprint density at radius 2 is 1.29 bits per heavy atom. The van der Waals surface area contributed by atoms with Crippen LogP contribution in [-0.4, -0.2) is 17.4 Å². The molecule has 100 valence electrons. The Morgan fingerprint density at radius 1 is 0.882 bits per heavy atom. The van der Waals surface area contributed by atoms with Crippen molar-refractivity contribution in [1.29, 1.82) is 0 Å². The molecule has 0 aromatic rings. The molecule has 0 saturated carbocycles. The van der Waals surface area contributed by atoms with E-state index in [0.29, 0.717) is 0 Å². The van der Waals surface area contributed by atoms with E-state index in [2.05, 4.69) is 0 Å². The van der Waals surface area contributed by atoms with Crippen molar-refractivity contribution in [3.63, 3.8) is 0 Å². The first kappa shape index (κ1) is 16.1. The predicted molar refractivity (Wildman–Crippen MR) is 68.7 cm³/mol. The molecule has 0 rings (SSSR count). The maximum Gasteiger partial charge on any atom is 0.307 e.